The first-order valence-corrected chi connectivity index (χ1v) is 6.68. The predicted octanol–water partition coefficient (Wildman–Crippen LogP) is 1.12. The van der Waals surface area contributed by atoms with E-state index in [1.807, 2.05) is 4.90 Å². The number of anilines is 1. The number of H-pyrrole nitrogens is 1. The maximum Gasteiger partial charge on any atom is 0.258 e. The Labute approximate surface area is 116 Å². The van der Waals surface area contributed by atoms with E-state index in [4.69, 9.17) is 0 Å². The third-order valence-corrected chi connectivity index (χ3v) is 3.74. The minimum Gasteiger partial charge on any atom is -0.367 e. The molecule has 1 aromatic carbocycles. The molecule has 0 atom stereocenters. The third-order valence-electron chi connectivity index (χ3n) is 3.74. The summed E-state index contributed by atoms with van der Waals surface area (Å²) in [5, 5.41) is 0.297. The monoisotopic (exact) mass is 276 g/mol. The van der Waals surface area contributed by atoms with Gasteiger partial charge < -0.3 is 14.8 Å². The van der Waals surface area contributed by atoms with Gasteiger partial charge in [-0.3, -0.25) is 4.79 Å². The van der Waals surface area contributed by atoms with Crippen molar-refractivity contribution in [2.45, 2.75) is 6.92 Å². The Morgan fingerprint density at radius 1 is 1.25 bits per heavy atom. The molecule has 106 valence electrons. The van der Waals surface area contributed by atoms with E-state index in [1.54, 1.807) is 13.0 Å². The summed E-state index contributed by atoms with van der Waals surface area (Å²) in [6.07, 6.45) is 0. The summed E-state index contributed by atoms with van der Waals surface area (Å²) >= 11 is 0. The number of likely N-dealkylation sites (N-methyl/N-ethyl adjacent to an activating group) is 1. The molecular weight excluding hydrogens is 259 g/mol. The van der Waals surface area contributed by atoms with Gasteiger partial charge in [-0.05, 0) is 26.1 Å². The number of aromatic nitrogens is 2. The molecule has 2 aromatic rings. The topological polar surface area (TPSA) is 52.2 Å². The van der Waals surface area contributed by atoms with Crippen LogP contribution < -0.4 is 10.5 Å². The Hall–Kier alpha value is -1.95. The summed E-state index contributed by atoms with van der Waals surface area (Å²) in [5.74, 6) is 0.177. The average molecular weight is 276 g/mol. The molecule has 20 heavy (non-hydrogen) atoms. The molecule has 1 fully saturated rings. The van der Waals surface area contributed by atoms with Crippen LogP contribution in [-0.2, 0) is 0 Å². The van der Waals surface area contributed by atoms with Gasteiger partial charge in [0.1, 0.15) is 11.6 Å². The molecule has 1 N–H and O–H groups in total. The molecule has 0 spiro atoms. The average Bonchev–Trinajstić information content (AvgIpc) is 2.40. The van der Waals surface area contributed by atoms with Gasteiger partial charge in [-0.2, -0.15) is 0 Å². The van der Waals surface area contributed by atoms with E-state index in [0.29, 0.717) is 22.4 Å². The van der Waals surface area contributed by atoms with E-state index >= 15 is 0 Å². The van der Waals surface area contributed by atoms with E-state index in [9.17, 15) is 9.18 Å². The van der Waals surface area contributed by atoms with Gasteiger partial charge >= 0.3 is 0 Å². The second kappa shape index (κ2) is 4.86. The fourth-order valence-electron chi connectivity index (χ4n) is 2.56. The molecule has 0 bridgehead atoms. The van der Waals surface area contributed by atoms with Gasteiger partial charge in [-0.25, -0.2) is 9.37 Å². The van der Waals surface area contributed by atoms with Crippen LogP contribution in [0.1, 0.15) is 5.82 Å². The molecule has 0 saturated carbocycles. The minimum absolute atomic E-state index is 0.295. The standard InChI is InChI=1S/C14H17FN4O/c1-9-16-12-8-13(19-5-3-18(2)4-6-19)11(15)7-10(12)14(20)17-9/h7-8H,3-6H2,1-2H3,(H,16,17,20). The van der Waals surface area contributed by atoms with Crippen molar-refractivity contribution < 1.29 is 4.39 Å². The number of hydrogen-bond donors (Lipinski definition) is 1. The molecule has 5 nitrogen and oxygen atoms in total. The molecule has 3 rings (SSSR count). The first-order chi connectivity index (χ1) is 9.54. The van der Waals surface area contributed by atoms with Gasteiger partial charge in [-0.1, -0.05) is 0 Å². The van der Waals surface area contributed by atoms with E-state index in [2.05, 4.69) is 21.9 Å². The largest absolute Gasteiger partial charge is 0.367 e. The molecule has 1 aliphatic rings. The Balaban J connectivity index is 2.08. The number of aromatic amines is 1. The molecule has 0 aliphatic carbocycles. The zero-order valence-corrected chi connectivity index (χ0v) is 11.6. The number of hydrogen-bond acceptors (Lipinski definition) is 4. The highest BCUT2D eigenvalue weighted by Crippen LogP contribution is 2.24. The van der Waals surface area contributed by atoms with Crippen LogP contribution in [0, 0.1) is 12.7 Å². The van der Waals surface area contributed by atoms with Crippen LogP contribution in [0.15, 0.2) is 16.9 Å². The van der Waals surface area contributed by atoms with Crippen molar-refractivity contribution in [3.8, 4) is 0 Å². The highest BCUT2D eigenvalue weighted by molar-refractivity contribution is 5.82. The van der Waals surface area contributed by atoms with Gasteiger partial charge in [0, 0.05) is 26.2 Å². The Kier molecular flexibility index (Phi) is 3.17. The minimum atomic E-state index is -0.363. The summed E-state index contributed by atoms with van der Waals surface area (Å²) in [4.78, 5) is 22.9. The van der Waals surface area contributed by atoms with Gasteiger partial charge in [0.05, 0.1) is 16.6 Å². The van der Waals surface area contributed by atoms with Gasteiger partial charge in [0.15, 0.2) is 0 Å². The van der Waals surface area contributed by atoms with Crippen molar-refractivity contribution >= 4 is 16.6 Å². The molecular formula is C14H17FN4O. The highest BCUT2D eigenvalue weighted by Gasteiger charge is 2.18. The first-order valence-electron chi connectivity index (χ1n) is 6.68. The highest BCUT2D eigenvalue weighted by atomic mass is 19.1. The lowest BCUT2D eigenvalue weighted by atomic mass is 10.2. The Morgan fingerprint density at radius 2 is 1.95 bits per heavy atom. The summed E-state index contributed by atoms with van der Waals surface area (Å²) in [6.45, 7) is 5.08. The quantitative estimate of drug-likeness (QED) is 0.848. The zero-order chi connectivity index (χ0) is 14.3. The number of aryl methyl sites for hydroxylation is 1. The number of nitrogens with zero attached hydrogens (tertiary/aromatic N) is 3. The Bertz CT molecular complexity index is 704. The number of piperazine rings is 1. The van der Waals surface area contributed by atoms with E-state index < -0.39 is 0 Å². The molecule has 2 heterocycles. The maximum atomic E-state index is 14.2. The maximum absolute atomic E-state index is 14.2. The van der Waals surface area contributed by atoms with Crippen molar-refractivity contribution in [1.82, 2.24) is 14.9 Å². The summed E-state index contributed by atoms with van der Waals surface area (Å²) in [5.41, 5.74) is 0.779. The third kappa shape index (κ3) is 2.27. The zero-order valence-electron chi connectivity index (χ0n) is 11.6. The summed E-state index contributed by atoms with van der Waals surface area (Å²) < 4.78 is 14.2. The molecule has 0 amide bonds. The molecule has 6 heteroatoms. The predicted molar refractivity (Wildman–Crippen MR) is 76.8 cm³/mol. The van der Waals surface area contributed by atoms with Crippen molar-refractivity contribution in [1.29, 1.82) is 0 Å². The van der Waals surface area contributed by atoms with Crippen molar-refractivity contribution in [2.24, 2.45) is 0 Å². The second-order valence-corrected chi connectivity index (χ2v) is 5.26. The number of rotatable bonds is 1. The molecule has 1 aliphatic heterocycles. The van der Waals surface area contributed by atoms with Crippen LogP contribution in [0.2, 0.25) is 0 Å². The number of benzene rings is 1. The lowest BCUT2D eigenvalue weighted by Crippen LogP contribution is -2.44. The van der Waals surface area contributed by atoms with Crippen LogP contribution in [0.25, 0.3) is 10.9 Å². The number of nitrogens with one attached hydrogen (secondary N) is 1. The fraction of sp³-hybridized carbons (Fsp3) is 0.429. The first kappa shape index (κ1) is 13.1. The van der Waals surface area contributed by atoms with Crippen LogP contribution in [0.3, 0.4) is 0 Å². The van der Waals surface area contributed by atoms with Crippen LogP contribution in [-0.4, -0.2) is 48.1 Å². The lowest BCUT2D eigenvalue weighted by Gasteiger charge is -2.34. The molecule has 1 aromatic heterocycles. The van der Waals surface area contributed by atoms with Crippen LogP contribution in [0.4, 0.5) is 10.1 Å². The normalized spacial score (nSPS) is 16.9. The smallest absolute Gasteiger partial charge is 0.258 e. The lowest BCUT2D eigenvalue weighted by molar-refractivity contribution is 0.312. The molecule has 0 radical (unpaired) electrons. The molecule has 1 saturated heterocycles. The van der Waals surface area contributed by atoms with Crippen LogP contribution >= 0.6 is 0 Å². The van der Waals surface area contributed by atoms with E-state index in [0.717, 1.165) is 26.2 Å². The van der Waals surface area contributed by atoms with E-state index in [1.165, 1.54) is 6.07 Å². The number of fused-ring (bicyclic) bond motifs is 1. The molecule has 0 unspecified atom stereocenters. The summed E-state index contributed by atoms with van der Waals surface area (Å²) in [6, 6.07) is 2.96. The van der Waals surface area contributed by atoms with Gasteiger partial charge in [0.2, 0.25) is 0 Å². The van der Waals surface area contributed by atoms with Crippen LogP contribution in [0.5, 0.6) is 0 Å². The fourth-order valence-corrected chi connectivity index (χ4v) is 2.56. The van der Waals surface area contributed by atoms with E-state index in [-0.39, 0.29) is 11.4 Å². The Morgan fingerprint density at radius 3 is 2.65 bits per heavy atom. The van der Waals surface area contributed by atoms with Crippen molar-refractivity contribution in [3.05, 3.63) is 34.1 Å². The summed E-state index contributed by atoms with van der Waals surface area (Å²) in [7, 11) is 2.05. The SMILES string of the molecule is Cc1nc2cc(N3CCN(C)CC3)c(F)cc2c(=O)[nH]1. The van der Waals surface area contributed by atoms with Crippen molar-refractivity contribution in [3.63, 3.8) is 0 Å². The second-order valence-electron chi connectivity index (χ2n) is 5.26. The van der Waals surface area contributed by atoms with Crippen molar-refractivity contribution in [2.75, 3.05) is 38.1 Å². The van der Waals surface area contributed by atoms with Gasteiger partial charge in [-0.15, -0.1) is 0 Å². The number of halogens is 1. The van der Waals surface area contributed by atoms with Gasteiger partial charge in [0.25, 0.3) is 5.56 Å².